The third kappa shape index (κ3) is 9.32. The maximum Gasteiger partial charge on any atom is 0.155 e. The molecule has 2 unspecified atom stereocenters. The third-order valence-corrected chi connectivity index (χ3v) is 5.87. The van der Waals surface area contributed by atoms with Crippen molar-refractivity contribution in [3.8, 4) is 0 Å². The van der Waals surface area contributed by atoms with E-state index in [-0.39, 0.29) is 37.2 Å². The van der Waals surface area contributed by atoms with Gasteiger partial charge in [-0.3, -0.25) is 0 Å². The zero-order valence-corrected chi connectivity index (χ0v) is 12.9. The summed E-state index contributed by atoms with van der Waals surface area (Å²) in [5, 5.41) is -2.05. The van der Waals surface area contributed by atoms with Crippen LogP contribution in [0.4, 0.5) is 0 Å². The second-order valence-electron chi connectivity index (χ2n) is 4.14. The van der Waals surface area contributed by atoms with E-state index >= 15 is 0 Å². The zero-order chi connectivity index (χ0) is 15.1. The second-order valence-corrected chi connectivity index (χ2v) is 8.91. The van der Waals surface area contributed by atoms with Crippen molar-refractivity contribution in [2.45, 2.75) is 36.4 Å². The number of hydrogen-bond donors (Lipinski definition) is 4. The van der Waals surface area contributed by atoms with Crippen molar-refractivity contribution in [1.82, 2.24) is 0 Å². The van der Waals surface area contributed by atoms with Crippen LogP contribution >= 0.6 is 0 Å². The lowest BCUT2D eigenvalue weighted by atomic mass is 10.3. The first kappa shape index (κ1) is 18.8. The maximum absolute atomic E-state index is 11.5. The maximum atomic E-state index is 11.5. The normalized spacial score (nSPS) is 15.8. The molecule has 0 aromatic rings. The SMILES string of the molecule is NC(CCCS(=O)(=O)CCCC(N)[SH](=O)=O)[SH](=O)=O. The molecule has 0 radical (unpaired) electrons. The fourth-order valence-electron chi connectivity index (χ4n) is 1.34. The first-order chi connectivity index (χ1) is 8.65. The molecule has 116 valence electrons. The van der Waals surface area contributed by atoms with E-state index in [0.717, 1.165) is 0 Å². The molecule has 0 amide bonds. The fourth-order valence-corrected chi connectivity index (χ4v) is 3.54. The van der Waals surface area contributed by atoms with Crippen LogP contribution in [0, 0.1) is 0 Å². The Labute approximate surface area is 116 Å². The zero-order valence-electron chi connectivity index (χ0n) is 10.3. The van der Waals surface area contributed by atoms with E-state index in [0.29, 0.717) is 0 Å². The van der Waals surface area contributed by atoms with E-state index in [1.165, 1.54) is 0 Å². The van der Waals surface area contributed by atoms with Crippen LogP contribution in [0.15, 0.2) is 0 Å². The van der Waals surface area contributed by atoms with Gasteiger partial charge in [0, 0.05) is 0 Å². The van der Waals surface area contributed by atoms with E-state index in [2.05, 4.69) is 0 Å². The summed E-state index contributed by atoms with van der Waals surface area (Å²) in [5.74, 6) is -0.328. The van der Waals surface area contributed by atoms with Gasteiger partial charge in [-0.15, -0.1) is 0 Å². The molecule has 4 N–H and O–H groups in total. The van der Waals surface area contributed by atoms with Crippen LogP contribution in [0.25, 0.3) is 0 Å². The highest BCUT2D eigenvalue weighted by Gasteiger charge is 2.14. The third-order valence-electron chi connectivity index (χ3n) is 2.45. The minimum atomic E-state index is -3.33. The number of rotatable bonds is 10. The van der Waals surface area contributed by atoms with Gasteiger partial charge in [-0.05, 0) is 25.7 Å². The van der Waals surface area contributed by atoms with Crippen molar-refractivity contribution in [3.05, 3.63) is 0 Å². The van der Waals surface area contributed by atoms with Gasteiger partial charge >= 0.3 is 0 Å². The molecule has 0 aliphatic rings. The van der Waals surface area contributed by atoms with Crippen molar-refractivity contribution in [2.24, 2.45) is 11.5 Å². The molecule has 0 heterocycles. The number of nitrogens with two attached hydrogens (primary N) is 2. The molecule has 0 aliphatic carbocycles. The van der Waals surface area contributed by atoms with Gasteiger partial charge < -0.3 is 11.5 Å². The molecular formula is C8H20N2O6S3. The van der Waals surface area contributed by atoms with Crippen LogP contribution < -0.4 is 11.5 Å². The first-order valence-electron chi connectivity index (χ1n) is 5.64. The molecule has 0 rings (SSSR count). The smallest absolute Gasteiger partial charge is 0.155 e. The monoisotopic (exact) mass is 336 g/mol. The standard InChI is InChI=1S/C8H20N2O6S3/c9-7(17(11)12)3-1-5-19(15,16)6-2-4-8(10)18(13)14/h7-8,17-18H,1-6,9-10H2. The summed E-state index contributed by atoms with van der Waals surface area (Å²) >= 11 is 0. The predicted molar refractivity (Wildman–Crippen MR) is 73.7 cm³/mol. The summed E-state index contributed by atoms with van der Waals surface area (Å²) in [7, 11) is -8.80. The predicted octanol–water partition coefficient (Wildman–Crippen LogP) is -2.25. The van der Waals surface area contributed by atoms with Gasteiger partial charge in [0.1, 0.15) is 20.6 Å². The van der Waals surface area contributed by atoms with E-state index in [4.69, 9.17) is 11.5 Å². The van der Waals surface area contributed by atoms with Gasteiger partial charge in [0.05, 0.1) is 11.5 Å². The average Bonchev–Trinajstić information content (AvgIpc) is 2.27. The summed E-state index contributed by atoms with van der Waals surface area (Å²) in [5.41, 5.74) is 10.5. The Kier molecular flexibility index (Phi) is 8.74. The first-order valence-corrected chi connectivity index (χ1v) is 9.96. The lowest BCUT2D eigenvalue weighted by Gasteiger charge is -2.07. The minimum absolute atomic E-state index is 0.0872. The summed E-state index contributed by atoms with van der Waals surface area (Å²) in [6, 6.07) is 0. The molecule has 19 heavy (non-hydrogen) atoms. The molecule has 0 aromatic carbocycles. The lowest BCUT2D eigenvalue weighted by Crippen LogP contribution is -2.24. The minimum Gasteiger partial charge on any atom is -0.315 e. The van der Waals surface area contributed by atoms with Crippen molar-refractivity contribution < 1.29 is 25.3 Å². The Morgan fingerprint density at radius 2 is 1.11 bits per heavy atom. The lowest BCUT2D eigenvalue weighted by molar-refractivity contribution is 0.573. The molecule has 0 spiro atoms. The molecule has 0 aromatic heterocycles. The van der Waals surface area contributed by atoms with Crippen LogP contribution in [0.3, 0.4) is 0 Å². The summed E-state index contributed by atoms with van der Waals surface area (Å²) in [4.78, 5) is 0. The van der Waals surface area contributed by atoms with E-state index in [1.54, 1.807) is 0 Å². The fraction of sp³-hybridized carbons (Fsp3) is 1.00. The van der Waals surface area contributed by atoms with E-state index in [1.807, 2.05) is 0 Å². The Hall–Kier alpha value is -0.230. The Balaban J connectivity index is 4.00. The van der Waals surface area contributed by atoms with Crippen molar-refractivity contribution in [2.75, 3.05) is 11.5 Å². The highest BCUT2D eigenvalue weighted by molar-refractivity contribution is 7.91. The van der Waals surface area contributed by atoms with E-state index < -0.39 is 42.0 Å². The molecule has 0 bridgehead atoms. The van der Waals surface area contributed by atoms with Gasteiger partial charge in [-0.2, -0.15) is 0 Å². The van der Waals surface area contributed by atoms with Crippen LogP contribution in [0.5, 0.6) is 0 Å². The van der Waals surface area contributed by atoms with Crippen molar-refractivity contribution in [3.63, 3.8) is 0 Å². The van der Waals surface area contributed by atoms with Gasteiger partial charge in [-0.1, -0.05) is 0 Å². The van der Waals surface area contributed by atoms with Gasteiger partial charge in [-0.25, -0.2) is 25.3 Å². The highest BCUT2D eigenvalue weighted by atomic mass is 32.2. The molecule has 8 nitrogen and oxygen atoms in total. The van der Waals surface area contributed by atoms with Gasteiger partial charge in [0.25, 0.3) is 0 Å². The van der Waals surface area contributed by atoms with Gasteiger partial charge in [0.2, 0.25) is 0 Å². The quantitative estimate of drug-likeness (QED) is 0.326. The summed E-state index contributed by atoms with van der Waals surface area (Å²) in [6.07, 6.45) is 0.497. The van der Waals surface area contributed by atoms with Crippen LogP contribution in [-0.4, -0.2) is 47.5 Å². The summed E-state index contributed by atoms with van der Waals surface area (Å²) in [6.45, 7) is 0. The molecule has 2 atom stereocenters. The Morgan fingerprint density at radius 3 is 1.37 bits per heavy atom. The highest BCUT2D eigenvalue weighted by Crippen LogP contribution is 2.05. The van der Waals surface area contributed by atoms with Gasteiger partial charge in [0.15, 0.2) is 21.4 Å². The molecular weight excluding hydrogens is 316 g/mol. The molecule has 11 heteroatoms. The molecule has 0 saturated carbocycles. The Bertz CT molecular complexity index is 455. The number of thiol groups is 2. The second kappa shape index (κ2) is 8.84. The molecule has 0 saturated heterocycles. The Morgan fingerprint density at radius 1 is 0.789 bits per heavy atom. The van der Waals surface area contributed by atoms with E-state index in [9.17, 15) is 25.3 Å². The van der Waals surface area contributed by atoms with Crippen molar-refractivity contribution >= 4 is 31.2 Å². The topological polar surface area (TPSA) is 154 Å². The molecule has 0 fully saturated rings. The van der Waals surface area contributed by atoms with Crippen LogP contribution in [0.2, 0.25) is 0 Å². The average molecular weight is 336 g/mol. The van der Waals surface area contributed by atoms with Crippen LogP contribution in [-0.2, 0) is 31.2 Å². The van der Waals surface area contributed by atoms with Crippen molar-refractivity contribution in [1.29, 1.82) is 0 Å². The largest absolute Gasteiger partial charge is 0.315 e. The number of hydrogen-bond acceptors (Lipinski definition) is 8. The van der Waals surface area contributed by atoms with Crippen LogP contribution in [0.1, 0.15) is 25.7 Å². The summed E-state index contributed by atoms with van der Waals surface area (Å²) < 4.78 is 64.9. The molecule has 0 aliphatic heterocycles. The number of sulfone groups is 1.